The maximum atomic E-state index is 11.7. The molecule has 0 saturated carbocycles. The van der Waals surface area contributed by atoms with Crippen LogP contribution in [-0.2, 0) is 4.74 Å². The molecule has 0 aliphatic carbocycles. The van der Waals surface area contributed by atoms with E-state index in [2.05, 4.69) is 0 Å². The smallest absolute Gasteiger partial charge is 0.418 e. The molecule has 2 N–H and O–H groups in total. The molecule has 1 aromatic rings. The number of aromatic nitrogens is 1. The van der Waals surface area contributed by atoms with E-state index in [1.165, 1.54) is 4.57 Å². The number of hydrogen-bond acceptors (Lipinski definition) is 3. The Morgan fingerprint density at radius 2 is 2.13 bits per heavy atom. The summed E-state index contributed by atoms with van der Waals surface area (Å²) in [4.78, 5) is 11.7. The van der Waals surface area contributed by atoms with Crippen molar-refractivity contribution in [3.63, 3.8) is 0 Å². The standard InChI is InChI=1S/C11H18N2O2/c1-8(12)9-6-5-7-13(9)10(14)15-11(2,3)4/h5-8H,12H2,1-4H3. The van der Waals surface area contributed by atoms with Crippen LogP contribution in [-0.4, -0.2) is 16.3 Å². The quantitative estimate of drug-likeness (QED) is 0.773. The van der Waals surface area contributed by atoms with Crippen LogP contribution in [0.25, 0.3) is 0 Å². The highest BCUT2D eigenvalue weighted by Crippen LogP contribution is 2.14. The fraction of sp³-hybridized carbons (Fsp3) is 0.545. The van der Waals surface area contributed by atoms with E-state index in [-0.39, 0.29) is 12.1 Å². The highest BCUT2D eigenvalue weighted by Gasteiger charge is 2.19. The highest BCUT2D eigenvalue weighted by atomic mass is 16.6. The first-order chi connectivity index (χ1) is 6.81. The zero-order chi connectivity index (χ0) is 11.6. The Labute approximate surface area is 90.0 Å². The van der Waals surface area contributed by atoms with Crippen molar-refractivity contribution in [1.29, 1.82) is 0 Å². The van der Waals surface area contributed by atoms with E-state index in [4.69, 9.17) is 10.5 Å². The minimum absolute atomic E-state index is 0.187. The maximum Gasteiger partial charge on any atom is 0.418 e. The third-order valence-corrected chi connectivity index (χ3v) is 1.84. The predicted octanol–water partition coefficient (Wildman–Crippen LogP) is 2.29. The van der Waals surface area contributed by atoms with Gasteiger partial charge in [-0.05, 0) is 39.8 Å². The fourth-order valence-corrected chi connectivity index (χ4v) is 1.24. The molecule has 4 nitrogen and oxygen atoms in total. The largest absolute Gasteiger partial charge is 0.443 e. The van der Waals surface area contributed by atoms with Crippen molar-refractivity contribution in [2.24, 2.45) is 5.73 Å². The first-order valence-corrected chi connectivity index (χ1v) is 4.97. The summed E-state index contributed by atoms with van der Waals surface area (Å²) in [7, 11) is 0. The van der Waals surface area contributed by atoms with Gasteiger partial charge in [-0.3, -0.25) is 4.57 Å². The van der Waals surface area contributed by atoms with Crippen molar-refractivity contribution in [3.05, 3.63) is 24.0 Å². The van der Waals surface area contributed by atoms with Gasteiger partial charge in [0.1, 0.15) is 5.60 Å². The number of carbonyl (C=O) groups is 1. The average molecular weight is 210 g/mol. The van der Waals surface area contributed by atoms with E-state index in [0.29, 0.717) is 0 Å². The summed E-state index contributed by atoms with van der Waals surface area (Å²) in [5.74, 6) is 0. The first kappa shape index (κ1) is 11.8. The van der Waals surface area contributed by atoms with Crippen molar-refractivity contribution < 1.29 is 9.53 Å². The topological polar surface area (TPSA) is 57.2 Å². The SMILES string of the molecule is CC(N)c1cccn1C(=O)OC(C)(C)C. The van der Waals surface area contributed by atoms with Crippen LogP contribution in [0.3, 0.4) is 0 Å². The molecular weight excluding hydrogens is 192 g/mol. The van der Waals surface area contributed by atoms with E-state index in [9.17, 15) is 4.79 Å². The van der Waals surface area contributed by atoms with Gasteiger partial charge in [0.25, 0.3) is 0 Å². The van der Waals surface area contributed by atoms with Gasteiger partial charge in [0.05, 0.1) is 0 Å². The van der Waals surface area contributed by atoms with Gasteiger partial charge >= 0.3 is 6.09 Å². The Balaban J connectivity index is 2.87. The van der Waals surface area contributed by atoms with Gasteiger partial charge in [0, 0.05) is 17.9 Å². The number of ether oxygens (including phenoxy) is 1. The Bertz CT molecular complexity index is 348. The van der Waals surface area contributed by atoms with Crippen molar-refractivity contribution in [2.75, 3.05) is 0 Å². The maximum absolute atomic E-state index is 11.7. The van der Waals surface area contributed by atoms with Crippen molar-refractivity contribution in [1.82, 2.24) is 4.57 Å². The molecule has 1 unspecified atom stereocenters. The normalized spacial score (nSPS) is 13.7. The lowest BCUT2D eigenvalue weighted by Gasteiger charge is -2.21. The number of nitrogens with two attached hydrogens (primary N) is 1. The molecule has 15 heavy (non-hydrogen) atoms. The second-order valence-electron chi connectivity index (χ2n) is 4.57. The fourth-order valence-electron chi connectivity index (χ4n) is 1.24. The third kappa shape index (κ3) is 3.09. The lowest BCUT2D eigenvalue weighted by molar-refractivity contribution is 0.0531. The molecule has 1 aromatic heterocycles. The molecule has 0 fully saturated rings. The lowest BCUT2D eigenvalue weighted by atomic mass is 10.2. The molecule has 0 aliphatic heterocycles. The second-order valence-corrected chi connectivity index (χ2v) is 4.57. The summed E-state index contributed by atoms with van der Waals surface area (Å²) < 4.78 is 6.68. The van der Waals surface area contributed by atoms with Crippen LogP contribution in [0.15, 0.2) is 18.3 Å². The summed E-state index contributed by atoms with van der Waals surface area (Å²) in [5.41, 5.74) is 6.00. The van der Waals surface area contributed by atoms with Crippen LogP contribution in [0.1, 0.15) is 39.4 Å². The molecule has 1 heterocycles. The molecule has 4 heteroatoms. The van der Waals surface area contributed by atoms with Crippen LogP contribution >= 0.6 is 0 Å². The van der Waals surface area contributed by atoms with Gasteiger partial charge < -0.3 is 10.5 Å². The molecule has 0 bridgehead atoms. The minimum atomic E-state index is -0.490. The van der Waals surface area contributed by atoms with Gasteiger partial charge in [0.15, 0.2) is 0 Å². The minimum Gasteiger partial charge on any atom is -0.443 e. The zero-order valence-electron chi connectivity index (χ0n) is 9.65. The molecule has 0 spiro atoms. The van der Waals surface area contributed by atoms with Crippen LogP contribution < -0.4 is 5.73 Å². The lowest BCUT2D eigenvalue weighted by Crippen LogP contribution is -2.28. The molecular formula is C11H18N2O2. The van der Waals surface area contributed by atoms with Crippen LogP contribution in [0.4, 0.5) is 4.79 Å². The molecule has 1 atom stereocenters. The van der Waals surface area contributed by atoms with Gasteiger partial charge in [-0.2, -0.15) is 0 Å². The predicted molar refractivity (Wildman–Crippen MR) is 58.7 cm³/mol. The highest BCUT2D eigenvalue weighted by molar-refractivity contribution is 5.72. The third-order valence-electron chi connectivity index (χ3n) is 1.84. The number of nitrogens with zero attached hydrogens (tertiary/aromatic N) is 1. The van der Waals surface area contributed by atoms with Crippen LogP contribution in [0.5, 0.6) is 0 Å². The van der Waals surface area contributed by atoms with Gasteiger partial charge in [0.2, 0.25) is 0 Å². The van der Waals surface area contributed by atoms with Crippen LogP contribution in [0, 0.1) is 0 Å². The Kier molecular flexibility index (Phi) is 3.19. The van der Waals surface area contributed by atoms with Gasteiger partial charge in [-0.15, -0.1) is 0 Å². The molecule has 0 saturated heterocycles. The van der Waals surface area contributed by atoms with Gasteiger partial charge in [-0.25, -0.2) is 4.79 Å². The van der Waals surface area contributed by atoms with Crippen molar-refractivity contribution in [3.8, 4) is 0 Å². The van der Waals surface area contributed by atoms with E-state index < -0.39 is 5.60 Å². The Morgan fingerprint density at radius 3 is 2.60 bits per heavy atom. The molecule has 0 radical (unpaired) electrons. The number of carbonyl (C=O) groups excluding carboxylic acids is 1. The summed E-state index contributed by atoms with van der Waals surface area (Å²) in [6.45, 7) is 7.33. The van der Waals surface area contributed by atoms with E-state index in [1.54, 1.807) is 12.3 Å². The number of hydrogen-bond donors (Lipinski definition) is 1. The summed E-state index contributed by atoms with van der Waals surface area (Å²) in [6, 6.07) is 3.41. The van der Waals surface area contributed by atoms with Crippen molar-refractivity contribution >= 4 is 6.09 Å². The van der Waals surface area contributed by atoms with Gasteiger partial charge in [-0.1, -0.05) is 0 Å². The molecule has 84 valence electrons. The van der Waals surface area contributed by atoms with E-state index in [0.717, 1.165) is 5.69 Å². The Hall–Kier alpha value is -1.29. The Morgan fingerprint density at radius 1 is 1.53 bits per heavy atom. The monoisotopic (exact) mass is 210 g/mol. The summed E-state index contributed by atoms with van der Waals surface area (Å²) in [5, 5.41) is 0. The molecule has 0 aliphatic rings. The molecule has 1 rings (SSSR count). The molecule has 0 amide bonds. The second kappa shape index (κ2) is 4.06. The average Bonchev–Trinajstić information content (AvgIpc) is 2.47. The zero-order valence-corrected chi connectivity index (χ0v) is 9.65. The van der Waals surface area contributed by atoms with Crippen molar-refractivity contribution in [2.45, 2.75) is 39.3 Å². The van der Waals surface area contributed by atoms with E-state index >= 15 is 0 Å². The first-order valence-electron chi connectivity index (χ1n) is 4.97. The molecule has 0 aromatic carbocycles. The van der Waals surface area contributed by atoms with E-state index in [1.807, 2.05) is 33.8 Å². The summed E-state index contributed by atoms with van der Waals surface area (Å²) >= 11 is 0. The number of rotatable bonds is 1. The summed E-state index contributed by atoms with van der Waals surface area (Å²) in [6.07, 6.45) is 1.27. The van der Waals surface area contributed by atoms with Crippen LogP contribution in [0.2, 0.25) is 0 Å².